The van der Waals surface area contributed by atoms with E-state index in [0.29, 0.717) is 49.9 Å². The van der Waals surface area contributed by atoms with Crippen LogP contribution in [0.15, 0.2) is 48.5 Å². The first-order chi connectivity index (χ1) is 20.6. The van der Waals surface area contributed by atoms with Crippen molar-refractivity contribution in [1.82, 2.24) is 20.9 Å². The van der Waals surface area contributed by atoms with Gasteiger partial charge in [0.2, 0.25) is 11.8 Å². The third kappa shape index (κ3) is 10.6. The van der Waals surface area contributed by atoms with E-state index in [-0.39, 0.29) is 32.2 Å². The molecule has 0 saturated carbocycles. The predicted octanol–water partition coefficient (Wildman–Crippen LogP) is 0.590. The molecule has 0 spiro atoms. The second-order valence-electron chi connectivity index (χ2n) is 10.7. The van der Waals surface area contributed by atoms with E-state index in [1.54, 1.807) is 42.5 Å². The summed E-state index contributed by atoms with van der Waals surface area (Å²) in [4.78, 5) is 41.4. The molecule has 2 aliphatic rings. The maximum Gasteiger partial charge on any atom is 0.326 e. The van der Waals surface area contributed by atoms with Crippen molar-refractivity contribution in [1.29, 1.82) is 0 Å². The summed E-state index contributed by atoms with van der Waals surface area (Å²) in [5, 5.41) is 18.4. The van der Waals surface area contributed by atoms with Crippen LogP contribution in [0.2, 0.25) is 0 Å². The van der Waals surface area contributed by atoms with Crippen LogP contribution in [0, 0.1) is 0 Å². The number of rotatable bonds is 9. The van der Waals surface area contributed by atoms with Gasteiger partial charge in [-0.1, -0.05) is 24.3 Å². The van der Waals surface area contributed by atoms with E-state index < -0.39 is 51.8 Å². The van der Waals surface area contributed by atoms with Gasteiger partial charge in [-0.05, 0) is 61.2 Å². The molecule has 0 radical (unpaired) electrons. The van der Waals surface area contributed by atoms with Crippen molar-refractivity contribution >= 4 is 27.9 Å². The van der Waals surface area contributed by atoms with E-state index in [2.05, 4.69) is 20.9 Å². The first-order valence-electron chi connectivity index (χ1n) is 14.2. The Kier molecular flexibility index (Phi) is 11.5. The summed E-state index contributed by atoms with van der Waals surface area (Å²) in [6, 6.07) is 10.9. The van der Waals surface area contributed by atoms with Gasteiger partial charge in [0.05, 0.1) is 25.0 Å². The van der Waals surface area contributed by atoms with E-state index in [0.717, 1.165) is 5.56 Å². The van der Waals surface area contributed by atoms with Crippen LogP contribution in [0.3, 0.4) is 0 Å². The standard InChI is InChI=1S/C29H38N4O9S/c34-27-24(8-10-33-11-13-41-14-12-33)31-28(35)25(30-9-3-15-43(38,39)40)18-20-4-1-6-22(16-20)42-23-7-2-5-21(17-23)19-26(32-27)29(36)37/h1-2,4-7,16-17,24-26,30H,3,8-15,18-19H2,(H,31,35)(H,32,34)(H,36,37)(H,38,39,40)/t24-,25-,26-/m0/s1. The Balaban J connectivity index is 1.63. The number of carboxylic acid groups (broad SMARTS) is 1. The number of amides is 2. The molecule has 1 saturated heterocycles. The Morgan fingerprint density at radius 1 is 0.977 bits per heavy atom. The second kappa shape index (κ2) is 15.3. The van der Waals surface area contributed by atoms with E-state index in [9.17, 15) is 27.9 Å². The van der Waals surface area contributed by atoms with Crippen LogP contribution in [-0.2, 0) is 42.1 Å². The van der Waals surface area contributed by atoms with E-state index in [4.69, 9.17) is 14.0 Å². The number of hydrogen-bond donors (Lipinski definition) is 5. The zero-order valence-corrected chi connectivity index (χ0v) is 24.6. The van der Waals surface area contributed by atoms with Gasteiger partial charge in [-0.25, -0.2) is 4.79 Å². The maximum atomic E-state index is 13.6. The molecular weight excluding hydrogens is 580 g/mol. The lowest BCUT2D eigenvalue weighted by Crippen LogP contribution is -2.56. The average molecular weight is 619 g/mol. The molecule has 2 heterocycles. The molecule has 13 nitrogen and oxygen atoms in total. The van der Waals surface area contributed by atoms with E-state index >= 15 is 0 Å². The van der Waals surface area contributed by atoms with Crippen molar-refractivity contribution < 1.29 is 41.9 Å². The number of ether oxygens (including phenoxy) is 2. The highest BCUT2D eigenvalue weighted by molar-refractivity contribution is 7.85. The lowest BCUT2D eigenvalue weighted by molar-refractivity contribution is -0.142. The summed E-state index contributed by atoms with van der Waals surface area (Å²) in [6.07, 6.45) is 0.479. The van der Waals surface area contributed by atoms with Crippen molar-refractivity contribution in [3.05, 3.63) is 59.7 Å². The summed E-state index contributed by atoms with van der Waals surface area (Å²) < 4.78 is 42.9. The van der Waals surface area contributed by atoms with E-state index in [1.807, 2.05) is 6.07 Å². The molecule has 3 atom stereocenters. The fraction of sp³-hybridized carbons (Fsp3) is 0.483. The monoisotopic (exact) mass is 618 g/mol. The second-order valence-corrected chi connectivity index (χ2v) is 12.2. The molecule has 5 N–H and O–H groups in total. The molecule has 0 unspecified atom stereocenters. The number of morpholine rings is 1. The van der Waals surface area contributed by atoms with Gasteiger partial charge < -0.3 is 30.5 Å². The molecule has 234 valence electrons. The van der Waals surface area contributed by atoms with Gasteiger partial charge in [-0.15, -0.1) is 0 Å². The topological polar surface area (TPSA) is 184 Å². The van der Waals surface area contributed by atoms with Gasteiger partial charge in [0.25, 0.3) is 10.1 Å². The molecule has 1 fully saturated rings. The Morgan fingerprint density at radius 3 is 2.26 bits per heavy atom. The quantitative estimate of drug-likeness (QED) is 0.196. The molecule has 2 amide bonds. The maximum absolute atomic E-state index is 13.6. The number of carbonyl (C=O) groups excluding carboxylic acids is 2. The number of carboxylic acids is 1. The normalized spacial score (nSPS) is 22.2. The number of carbonyl (C=O) groups is 3. The minimum absolute atomic E-state index is 0.000386. The number of nitrogens with zero attached hydrogens (tertiary/aromatic N) is 1. The number of nitrogens with one attached hydrogen (secondary N) is 3. The summed E-state index contributed by atoms with van der Waals surface area (Å²) in [5.41, 5.74) is 1.40. The van der Waals surface area contributed by atoms with Crippen LogP contribution < -0.4 is 20.7 Å². The minimum atomic E-state index is -4.17. The zero-order chi connectivity index (χ0) is 30.8. The van der Waals surface area contributed by atoms with Crippen LogP contribution in [0.25, 0.3) is 0 Å². The summed E-state index contributed by atoms with van der Waals surface area (Å²) >= 11 is 0. The van der Waals surface area contributed by atoms with Gasteiger partial charge in [0, 0.05) is 26.1 Å². The molecule has 2 aliphatic heterocycles. The van der Waals surface area contributed by atoms with Gasteiger partial charge in [0.15, 0.2) is 0 Å². The van der Waals surface area contributed by atoms with Crippen molar-refractivity contribution in [2.45, 2.75) is 43.8 Å². The number of benzene rings is 2. The average Bonchev–Trinajstić information content (AvgIpc) is 2.96. The minimum Gasteiger partial charge on any atom is -0.480 e. The van der Waals surface area contributed by atoms with Crippen molar-refractivity contribution in [3.8, 4) is 11.5 Å². The Bertz CT molecular complexity index is 1380. The first-order valence-corrected chi connectivity index (χ1v) is 15.8. The molecule has 14 heteroatoms. The van der Waals surface area contributed by atoms with Crippen LogP contribution in [-0.4, -0.2) is 104 Å². The molecule has 4 rings (SSSR count). The van der Waals surface area contributed by atoms with Gasteiger partial charge >= 0.3 is 5.97 Å². The number of fused-ring (bicyclic) bond motifs is 4. The summed E-state index contributed by atoms with van der Waals surface area (Å²) in [7, 11) is -4.17. The van der Waals surface area contributed by atoms with Gasteiger partial charge in [-0.2, -0.15) is 8.42 Å². The lowest BCUT2D eigenvalue weighted by Gasteiger charge is -2.29. The SMILES string of the molecule is O=C(O)[C@@H]1Cc2cccc(c2)Oc2cccc(c2)C[C@H](NCCCS(=O)(=O)O)C(=O)N[C@@H](CCN2CCOCC2)C(=O)N1. The molecule has 2 aromatic carbocycles. The van der Waals surface area contributed by atoms with Crippen molar-refractivity contribution in [3.63, 3.8) is 0 Å². The number of hydrogen-bond acceptors (Lipinski definition) is 9. The summed E-state index contributed by atoms with van der Waals surface area (Å²) in [5.74, 6) is -1.83. The van der Waals surface area contributed by atoms with Crippen LogP contribution in [0.5, 0.6) is 11.5 Å². The highest BCUT2D eigenvalue weighted by Gasteiger charge is 2.30. The number of aliphatic carboxylic acids is 1. The van der Waals surface area contributed by atoms with Crippen LogP contribution >= 0.6 is 0 Å². The largest absolute Gasteiger partial charge is 0.480 e. The molecular formula is C29H38N4O9S. The lowest BCUT2D eigenvalue weighted by atomic mass is 10.0. The van der Waals surface area contributed by atoms with Gasteiger partial charge in [-0.3, -0.25) is 19.0 Å². The third-order valence-corrected chi connectivity index (χ3v) is 8.09. The Hall–Kier alpha value is -3.56. The van der Waals surface area contributed by atoms with E-state index in [1.165, 1.54) is 0 Å². The molecule has 0 aromatic heterocycles. The zero-order valence-electron chi connectivity index (χ0n) is 23.7. The molecule has 4 bridgehead atoms. The molecule has 43 heavy (non-hydrogen) atoms. The fourth-order valence-electron chi connectivity index (χ4n) is 5.02. The Labute approximate surface area is 250 Å². The highest BCUT2D eigenvalue weighted by Crippen LogP contribution is 2.24. The van der Waals surface area contributed by atoms with Crippen molar-refractivity contribution in [2.24, 2.45) is 0 Å². The molecule has 2 aromatic rings. The van der Waals surface area contributed by atoms with Gasteiger partial charge in [0.1, 0.15) is 23.6 Å². The third-order valence-electron chi connectivity index (χ3n) is 7.28. The molecule has 0 aliphatic carbocycles. The van der Waals surface area contributed by atoms with Crippen LogP contribution in [0.1, 0.15) is 24.0 Å². The van der Waals surface area contributed by atoms with Crippen molar-refractivity contribution in [2.75, 3.05) is 45.1 Å². The van der Waals surface area contributed by atoms with Crippen LogP contribution in [0.4, 0.5) is 0 Å². The fourth-order valence-corrected chi connectivity index (χ4v) is 5.53. The summed E-state index contributed by atoms with van der Waals surface area (Å²) in [6.45, 7) is 3.04. The Morgan fingerprint density at radius 2 is 1.63 bits per heavy atom. The predicted molar refractivity (Wildman–Crippen MR) is 157 cm³/mol. The highest BCUT2D eigenvalue weighted by atomic mass is 32.2. The first kappa shape index (κ1) is 32.4. The smallest absolute Gasteiger partial charge is 0.326 e.